The van der Waals surface area contributed by atoms with Crippen molar-refractivity contribution in [1.82, 2.24) is 4.90 Å². The van der Waals surface area contributed by atoms with Gasteiger partial charge in [0.25, 0.3) is 5.91 Å². The Hall–Kier alpha value is -3.29. The zero-order chi connectivity index (χ0) is 24.1. The molecule has 0 fully saturated rings. The van der Waals surface area contributed by atoms with Gasteiger partial charge in [-0.1, -0.05) is 41.4 Å². The van der Waals surface area contributed by atoms with Gasteiger partial charge in [-0.15, -0.1) is 0 Å². The summed E-state index contributed by atoms with van der Waals surface area (Å²) in [5, 5.41) is 11.2. The highest BCUT2D eigenvalue weighted by molar-refractivity contribution is 9.10. The number of phenols is 1. The van der Waals surface area contributed by atoms with Crippen molar-refractivity contribution in [2.45, 2.75) is 19.5 Å². The van der Waals surface area contributed by atoms with Crippen molar-refractivity contribution in [2.24, 2.45) is 0 Å². The zero-order valence-corrected chi connectivity index (χ0v) is 20.6. The van der Waals surface area contributed by atoms with E-state index in [1.165, 1.54) is 7.11 Å². The Morgan fingerprint density at radius 2 is 1.91 bits per heavy atom. The maximum atomic E-state index is 13.7. The molecule has 0 saturated carbocycles. The van der Waals surface area contributed by atoms with E-state index < -0.39 is 11.9 Å². The number of benzene rings is 3. The summed E-state index contributed by atoms with van der Waals surface area (Å²) in [4.78, 5) is 28.9. The van der Waals surface area contributed by atoms with E-state index in [1.807, 2.05) is 31.2 Å². The number of hydrogen-bond acceptors (Lipinski definition) is 5. The molecule has 0 aliphatic carbocycles. The Morgan fingerprint density at radius 3 is 2.65 bits per heavy atom. The van der Waals surface area contributed by atoms with Gasteiger partial charge in [0.2, 0.25) is 5.76 Å². The third-order valence-corrected chi connectivity index (χ3v) is 6.98. The van der Waals surface area contributed by atoms with Crippen LogP contribution in [0.4, 0.5) is 0 Å². The Bertz CT molecular complexity index is 1530. The van der Waals surface area contributed by atoms with Gasteiger partial charge in [-0.25, -0.2) is 0 Å². The minimum atomic E-state index is -0.772. The van der Waals surface area contributed by atoms with E-state index in [2.05, 4.69) is 15.9 Å². The van der Waals surface area contributed by atoms with Crippen LogP contribution in [-0.2, 0) is 6.54 Å². The molecule has 0 bridgehead atoms. The highest BCUT2D eigenvalue weighted by Crippen LogP contribution is 2.44. The van der Waals surface area contributed by atoms with E-state index in [0.717, 1.165) is 11.1 Å². The third kappa shape index (κ3) is 3.56. The highest BCUT2D eigenvalue weighted by Gasteiger charge is 2.43. The van der Waals surface area contributed by atoms with Crippen molar-refractivity contribution in [2.75, 3.05) is 7.11 Å². The van der Waals surface area contributed by atoms with E-state index >= 15 is 0 Å². The van der Waals surface area contributed by atoms with Crippen LogP contribution in [-0.4, -0.2) is 23.0 Å². The third-order valence-electron chi connectivity index (χ3n) is 6.01. The lowest BCUT2D eigenvalue weighted by Gasteiger charge is -2.26. The maximum absolute atomic E-state index is 13.7. The Kier molecular flexibility index (Phi) is 5.62. The predicted octanol–water partition coefficient (Wildman–Crippen LogP) is 5.98. The van der Waals surface area contributed by atoms with Gasteiger partial charge in [0, 0.05) is 11.6 Å². The quantitative estimate of drug-likeness (QED) is 0.345. The molecule has 1 aliphatic heterocycles. The van der Waals surface area contributed by atoms with Crippen molar-refractivity contribution in [3.8, 4) is 11.5 Å². The first kappa shape index (κ1) is 22.5. The van der Waals surface area contributed by atoms with Crippen molar-refractivity contribution >= 4 is 44.4 Å². The van der Waals surface area contributed by atoms with E-state index in [0.29, 0.717) is 26.0 Å². The number of methoxy groups -OCH3 is 1. The van der Waals surface area contributed by atoms with Crippen molar-refractivity contribution in [1.29, 1.82) is 0 Å². The molecule has 172 valence electrons. The van der Waals surface area contributed by atoms with E-state index in [1.54, 1.807) is 35.2 Å². The summed E-state index contributed by atoms with van der Waals surface area (Å²) < 4.78 is 11.7. The number of aromatic hydroxyl groups is 1. The number of nitrogens with zero attached hydrogens (tertiary/aromatic N) is 1. The minimum absolute atomic E-state index is 0.00145. The van der Waals surface area contributed by atoms with Gasteiger partial charge in [0.05, 0.1) is 28.6 Å². The van der Waals surface area contributed by atoms with Crippen LogP contribution in [0.25, 0.3) is 11.0 Å². The molecule has 1 aliphatic rings. The standard InChI is InChI=1S/C26H19BrClNO5/c1-13-7-8-19-16(9-13)23(30)21-22(15-10-17(27)24(31)20(11-15)33-2)29(26(32)25(21)34-19)12-14-5-3-4-6-18(14)28/h3-11,22,31H,12H2,1-2H3. The number of hydrogen-bond donors (Lipinski definition) is 1. The Labute approximate surface area is 208 Å². The number of aryl methyl sites for hydroxylation is 1. The van der Waals surface area contributed by atoms with Crippen LogP contribution in [0.5, 0.6) is 11.5 Å². The van der Waals surface area contributed by atoms with Crippen LogP contribution >= 0.6 is 27.5 Å². The average molecular weight is 541 g/mol. The zero-order valence-electron chi connectivity index (χ0n) is 18.3. The van der Waals surface area contributed by atoms with Crippen LogP contribution < -0.4 is 10.2 Å². The second kappa shape index (κ2) is 8.49. The topological polar surface area (TPSA) is 80.0 Å². The first-order chi connectivity index (χ1) is 16.3. The maximum Gasteiger partial charge on any atom is 0.291 e. The molecule has 1 aromatic heterocycles. The normalized spacial score (nSPS) is 15.1. The largest absolute Gasteiger partial charge is 0.503 e. The summed E-state index contributed by atoms with van der Waals surface area (Å²) in [5.41, 5.74) is 2.54. The molecule has 1 amide bonds. The fraction of sp³-hybridized carbons (Fsp3) is 0.154. The van der Waals surface area contributed by atoms with Gasteiger partial charge in [-0.05, 0) is 64.3 Å². The van der Waals surface area contributed by atoms with Gasteiger partial charge in [-0.3, -0.25) is 9.59 Å². The Morgan fingerprint density at radius 1 is 1.15 bits per heavy atom. The molecule has 2 heterocycles. The summed E-state index contributed by atoms with van der Waals surface area (Å²) in [7, 11) is 1.44. The smallest absolute Gasteiger partial charge is 0.291 e. The molecule has 6 nitrogen and oxygen atoms in total. The number of carbonyl (C=O) groups is 1. The Balaban J connectivity index is 1.78. The molecule has 34 heavy (non-hydrogen) atoms. The SMILES string of the molecule is COc1cc(C2c3c(oc4ccc(C)cc4c3=O)C(=O)N2Cc2ccccc2Cl)cc(Br)c1O. The minimum Gasteiger partial charge on any atom is -0.503 e. The first-order valence-corrected chi connectivity index (χ1v) is 11.7. The molecule has 8 heteroatoms. The number of phenolic OH excluding ortho intramolecular Hbond substituents is 1. The first-order valence-electron chi connectivity index (χ1n) is 10.5. The van der Waals surface area contributed by atoms with Crippen LogP contribution in [0.2, 0.25) is 5.02 Å². The molecule has 1 atom stereocenters. The van der Waals surface area contributed by atoms with E-state index in [-0.39, 0.29) is 34.8 Å². The fourth-order valence-electron chi connectivity index (χ4n) is 4.36. The summed E-state index contributed by atoms with van der Waals surface area (Å²) in [6, 6.07) is 15.0. The molecule has 5 rings (SSSR count). The van der Waals surface area contributed by atoms with Gasteiger partial charge in [0.1, 0.15) is 5.58 Å². The van der Waals surface area contributed by atoms with Crippen LogP contribution in [0.1, 0.15) is 38.9 Å². The van der Waals surface area contributed by atoms with Crippen molar-refractivity contribution < 1.29 is 19.1 Å². The number of halogens is 2. The molecule has 3 aromatic carbocycles. The molecule has 0 spiro atoms. The lowest BCUT2D eigenvalue weighted by Crippen LogP contribution is -2.29. The lowest BCUT2D eigenvalue weighted by atomic mass is 9.97. The summed E-state index contributed by atoms with van der Waals surface area (Å²) in [6.07, 6.45) is 0. The fourth-order valence-corrected chi connectivity index (χ4v) is 5.02. The van der Waals surface area contributed by atoms with Gasteiger partial charge in [-0.2, -0.15) is 0 Å². The van der Waals surface area contributed by atoms with Crippen LogP contribution in [0.15, 0.2) is 68.3 Å². The number of rotatable bonds is 4. The molecular formula is C26H19BrClNO5. The summed E-state index contributed by atoms with van der Waals surface area (Å²) >= 11 is 9.75. The number of amides is 1. The predicted molar refractivity (Wildman–Crippen MR) is 133 cm³/mol. The van der Waals surface area contributed by atoms with Crippen LogP contribution in [0, 0.1) is 6.92 Å². The number of carbonyl (C=O) groups excluding carboxylic acids is 1. The second-order valence-corrected chi connectivity index (χ2v) is 9.42. The number of ether oxygens (including phenoxy) is 1. The summed E-state index contributed by atoms with van der Waals surface area (Å²) in [6.45, 7) is 2.05. The van der Waals surface area contributed by atoms with Gasteiger partial charge >= 0.3 is 0 Å². The molecular weight excluding hydrogens is 522 g/mol. The number of fused-ring (bicyclic) bond motifs is 2. The van der Waals surface area contributed by atoms with Crippen LogP contribution in [0.3, 0.4) is 0 Å². The van der Waals surface area contributed by atoms with Crippen molar-refractivity contribution in [3.63, 3.8) is 0 Å². The van der Waals surface area contributed by atoms with Gasteiger partial charge < -0.3 is 19.2 Å². The molecule has 0 radical (unpaired) electrons. The molecule has 1 unspecified atom stereocenters. The highest BCUT2D eigenvalue weighted by atomic mass is 79.9. The summed E-state index contributed by atoms with van der Waals surface area (Å²) in [5.74, 6) is -0.275. The monoisotopic (exact) mass is 539 g/mol. The van der Waals surface area contributed by atoms with Gasteiger partial charge in [0.15, 0.2) is 16.9 Å². The van der Waals surface area contributed by atoms with E-state index in [4.69, 9.17) is 20.8 Å². The van der Waals surface area contributed by atoms with Crippen molar-refractivity contribution in [3.05, 3.63) is 102 Å². The molecule has 4 aromatic rings. The molecule has 1 N–H and O–H groups in total. The second-order valence-electron chi connectivity index (χ2n) is 8.15. The molecule has 0 saturated heterocycles. The lowest BCUT2D eigenvalue weighted by molar-refractivity contribution is 0.0714. The average Bonchev–Trinajstić information content (AvgIpc) is 3.09. The van der Waals surface area contributed by atoms with E-state index in [9.17, 15) is 14.7 Å².